The maximum atomic E-state index is 10.6. The van der Waals surface area contributed by atoms with E-state index in [2.05, 4.69) is 10.3 Å². The number of carbonyl (C=O) groups excluding carboxylic acids is 1. The van der Waals surface area contributed by atoms with Crippen molar-refractivity contribution in [1.82, 2.24) is 15.0 Å². The summed E-state index contributed by atoms with van der Waals surface area (Å²) in [5.41, 5.74) is 0.519. The molecule has 0 aliphatic heterocycles. The Bertz CT molecular complexity index is 278. The van der Waals surface area contributed by atoms with Gasteiger partial charge in [-0.1, -0.05) is 19.1 Å². The zero-order valence-corrected chi connectivity index (χ0v) is 7.61. The van der Waals surface area contributed by atoms with E-state index in [1.807, 2.05) is 27.1 Å². The van der Waals surface area contributed by atoms with Crippen molar-refractivity contribution in [1.29, 1.82) is 0 Å². The molecule has 0 bridgehead atoms. The molecule has 1 heterocycles. The fourth-order valence-corrected chi connectivity index (χ4v) is 0.985. The second-order valence-electron chi connectivity index (χ2n) is 3.67. The zero-order chi connectivity index (χ0) is 9.19. The smallest absolute Gasteiger partial charge is 0.125 e. The molecule has 0 aliphatic rings. The van der Waals surface area contributed by atoms with Gasteiger partial charge in [-0.15, -0.1) is 5.10 Å². The van der Waals surface area contributed by atoms with E-state index in [0.717, 1.165) is 12.0 Å². The van der Waals surface area contributed by atoms with Crippen molar-refractivity contribution < 1.29 is 4.79 Å². The van der Waals surface area contributed by atoms with E-state index < -0.39 is 0 Å². The molecule has 0 N–H and O–H groups in total. The fourth-order valence-electron chi connectivity index (χ4n) is 0.985. The summed E-state index contributed by atoms with van der Waals surface area (Å²) >= 11 is 0. The average molecular weight is 167 g/mol. The van der Waals surface area contributed by atoms with Gasteiger partial charge in [-0.3, -0.25) is 4.68 Å². The first-order valence-corrected chi connectivity index (χ1v) is 3.85. The van der Waals surface area contributed by atoms with Crippen LogP contribution >= 0.6 is 0 Å². The SMILES string of the molecule is Cn1cc(CC(C)(C)C=O)nn1. The molecule has 1 rings (SSSR count). The lowest BCUT2D eigenvalue weighted by molar-refractivity contribution is -0.114. The molecule has 0 unspecified atom stereocenters. The van der Waals surface area contributed by atoms with Crippen LogP contribution in [0.15, 0.2) is 6.20 Å². The standard InChI is InChI=1S/C8H13N3O/c1-8(2,6-12)4-7-5-11(3)10-9-7/h5-6H,4H2,1-3H3. The lowest BCUT2D eigenvalue weighted by Gasteiger charge is -2.13. The molecule has 0 radical (unpaired) electrons. The molecule has 0 aromatic carbocycles. The van der Waals surface area contributed by atoms with Gasteiger partial charge in [-0.25, -0.2) is 0 Å². The van der Waals surface area contributed by atoms with Crippen molar-refractivity contribution in [3.05, 3.63) is 11.9 Å². The summed E-state index contributed by atoms with van der Waals surface area (Å²) in [7, 11) is 1.81. The molecule has 0 saturated heterocycles. The number of carbonyl (C=O) groups is 1. The van der Waals surface area contributed by atoms with E-state index >= 15 is 0 Å². The second kappa shape index (κ2) is 3.05. The van der Waals surface area contributed by atoms with Crippen molar-refractivity contribution in [2.75, 3.05) is 0 Å². The van der Waals surface area contributed by atoms with Gasteiger partial charge in [0.15, 0.2) is 0 Å². The van der Waals surface area contributed by atoms with Crippen LogP contribution in [0.1, 0.15) is 19.5 Å². The van der Waals surface area contributed by atoms with Crippen LogP contribution in [-0.2, 0) is 18.3 Å². The molecule has 66 valence electrons. The number of aryl methyl sites for hydroxylation is 1. The Morgan fingerprint density at radius 2 is 2.33 bits per heavy atom. The highest BCUT2D eigenvalue weighted by Crippen LogP contribution is 2.16. The molecule has 4 nitrogen and oxygen atoms in total. The Morgan fingerprint density at radius 1 is 1.67 bits per heavy atom. The van der Waals surface area contributed by atoms with Gasteiger partial charge in [0.2, 0.25) is 0 Å². The third-order valence-corrected chi connectivity index (χ3v) is 1.61. The molecule has 0 aliphatic carbocycles. The summed E-state index contributed by atoms with van der Waals surface area (Å²) < 4.78 is 1.64. The van der Waals surface area contributed by atoms with Crippen molar-refractivity contribution in [2.45, 2.75) is 20.3 Å². The summed E-state index contributed by atoms with van der Waals surface area (Å²) in [4.78, 5) is 10.6. The first kappa shape index (κ1) is 8.90. The quantitative estimate of drug-likeness (QED) is 0.619. The van der Waals surface area contributed by atoms with Gasteiger partial charge in [-0.2, -0.15) is 0 Å². The van der Waals surface area contributed by atoms with Crippen LogP contribution in [0.25, 0.3) is 0 Å². The zero-order valence-electron chi connectivity index (χ0n) is 7.61. The number of aldehydes is 1. The fraction of sp³-hybridized carbons (Fsp3) is 0.625. The highest BCUT2D eigenvalue weighted by atomic mass is 16.1. The number of nitrogens with zero attached hydrogens (tertiary/aromatic N) is 3. The second-order valence-corrected chi connectivity index (χ2v) is 3.67. The van der Waals surface area contributed by atoms with E-state index in [1.165, 1.54) is 0 Å². The van der Waals surface area contributed by atoms with Crippen LogP contribution in [0, 0.1) is 5.41 Å². The van der Waals surface area contributed by atoms with Gasteiger partial charge in [-0.05, 0) is 0 Å². The molecule has 1 aromatic heterocycles. The molecular weight excluding hydrogens is 154 g/mol. The van der Waals surface area contributed by atoms with E-state index in [9.17, 15) is 4.79 Å². The van der Waals surface area contributed by atoms with E-state index in [4.69, 9.17) is 0 Å². The van der Waals surface area contributed by atoms with E-state index in [-0.39, 0.29) is 5.41 Å². The van der Waals surface area contributed by atoms with E-state index in [0.29, 0.717) is 6.42 Å². The summed E-state index contributed by atoms with van der Waals surface area (Å²) in [5, 5.41) is 7.69. The molecule has 4 heteroatoms. The predicted octanol–water partition coefficient (Wildman–Crippen LogP) is 0.583. The maximum absolute atomic E-state index is 10.6. The van der Waals surface area contributed by atoms with Gasteiger partial charge in [0.05, 0.1) is 5.69 Å². The minimum Gasteiger partial charge on any atom is -0.303 e. The molecule has 0 saturated carbocycles. The minimum absolute atomic E-state index is 0.337. The van der Waals surface area contributed by atoms with Gasteiger partial charge < -0.3 is 4.79 Å². The van der Waals surface area contributed by atoms with Crippen LogP contribution in [0.4, 0.5) is 0 Å². The first-order valence-electron chi connectivity index (χ1n) is 3.85. The van der Waals surface area contributed by atoms with Crippen molar-refractivity contribution >= 4 is 6.29 Å². The van der Waals surface area contributed by atoms with Gasteiger partial charge in [0, 0.05) is 25.1 Å². The highest BCUT2D eigenvalue weighted by molar-refractivity contribution is 5.58. The van der Waals surface area contributed by atoms with Crippen LogP contribution < -0.4 is 0 Å². The van der Waals surface area contributed by atoms with Crippen LogP contribution in [0.3, 0.4) is 0 Å². The topological polar surface area (TPSA) is 47.8 Å². The summed E-state index contributed by atoms with van der Waals surface area (Å²) in [6.07, 6.45) is 3.41. The monoisotopic (exact) mass is 167 g/mol. The third kappa shape index (κ3) is 2.15. The highest BCUT2D eigenvalue weighted by Gasteiger charge is 2.18. The normalized spacial score (nSPS) is 11.6. The van der Waals surface area contributed by atoms with Crippen LogP contribution in [0.5, 0.6) is 0 Å². The number of aromatic nitrogens is 3. The van der Waals surface area contributed by atoms with E-state index in [1.54, 1.807) is 4.68 Å². The Kier molecular flexibility index (Phi) is 2.26. The van der Waals surface area contributed by atoms with Crippen LogP contribution in [-0.4, -0.2) is 21.3 Å². The largest absolute Gasteiger partial charge is 0.303 e. The van der Waals surface area contributed by atoms with Crippen molar-refractivity contribution in [2.24, 2.45) is 12.5 Å². The molecule has 1 aromatic rings. The van der Waals surface area contributed by atoms with Gasteiger partial charge in [0.1, 0.15) is 6.29 Å². The Balaban J connectivity index is 2.69. The Labute approximate surface area is 71.6 Å². The van der Waals surface area contributed by atoms with Crippen molar-refractivity contribution in [3.8, 4) is 0 Å². The number of hydrogen-bond donors (Lipinski definition) is 0. The maximum Gasteiger partial charge on any atom is 0.125 e. The third-order valence-electron chi connectivity index (χ3n) is 1.61. The number of hydrogen-bond acceptors (Lipinski definition) is 3. The molecular formula is C8H13N3O. The first-order chi connectivity index (χ1) is 5.53. The summed E-state index contributed by atoms with van der Waals surface area (Å²) in [5.74, 6) is 0. The Morgan fingerprint density at radius 3 is 2.75 bits per heavy atom. The molecule has 0 spiro atoms. The van der Waals surface area contributed by atoms with Crippen molar-refractivity contribution in [3.63, 3.8) is 0 Å². The molecule has 0 atom stereocenters. The predicted molar refractivity (Wildman–Crippen MR) is 44.6 cm³/mol. The Hall–Kier alpha value is -1.19. The summed E-state index contributed by atoms with van der Waals surface area (Å²) in [6.45, 7) is 3.77. The van der Waals surface area contributed by atoms with Gasteiger partial charge >= 0.3 is 0 Å². The molecule has 0 amide bonds. The molecule has 0 fully saturated rings. The lowest BCUT2D eigenvalue weighted by atomic mass is 9.90. The average Bonchev–Trinajstić information content (AvgIpc) is 2.35. The molecule has 12 heavy (non-hydrogen) atoms. The minimum atomic E-state index is -0.337. The lowest BCUT2D eigenvalue weighted by Crippen LogP contribution is -2.16. The van der Waals surface area contributed by atoms with Crippen LogP contribution in [0.2, 0.25) is 0 Å². The van der Waals surface area contributed by atoms with Gasteiger partial charge in [0.25, 0.3) is 0 Å². The number of rotatable bonds is 3. The summed E-state index contributed by atoms with van der Waals surface area (Å²) in [6, 6.07) is 0.